The first-order valence-electron chi connectivity index (χ1n) is 7.03. The summed E-state index contributed by atoms with van der Waals surface area (Å²) in [5, 5.41) is 0. The lowest BCUT2D eigenvalue weighted by atomic mass is 9.88. The minimum Gasteiger partial charge on any atom is -0.207 e. The van der Waals surface area contributed by atoms with Crippen molar-refractivity contribution >= 4 is 41.9 Å². The van der Waals surface area contributed by atoms with Gasteiger partial charge in [-0.25, -0.2) is 13.1 Å². The van der Waals surface area contributed by atoms with Gasteiger partial charge in [-0.3, -0.25) is 0 Å². The summed E-state index contributed by atoms with van der Waals surface area (Å²) in [5.41, 5.74) is 2.32. The van der Waals surface area contributed by atoms with Gasteiger partial charge < -0.3 is 0 Å². The molecule has 116 valence electrons. The first kappa shape index (κ1) is 16.2. The fourth-order valence-corrected chi connectivity index (χ4v) is 5.57. The molecule has 1 N–H and O–H groups in total. The van der Waals surface area contributed by atoms with Crippen LogP contribution in [-0.4, -0.2) is 8.42 Å². The molecule has 0 heterocycles. The van der Waals surface area contributed by atoms with E-state index in [1.165, 1.54) is 5.56 Å². The van der Waals surface area contributed by atoms with Gasteiger partial charge in [-0.1, -0.05) is 30.3 Å². The van der Waals surface area contributed by atoms with Gasteiger partial charge in [0, 0.05) is 10.5 Å². The van der Waals surface area contributed by atoms with Crippen LogP contribution in [0.2, 0.25) is 0 Å². The number of aryl methyl sites for hydroxylation is 1. The Hall–Kier alpha value is -0.690. The average Bonchev–Trinajstić information content (AvgIpc) is 2.50. The van der Waals surface area contributed by atoms with Crippen molar-refractivity contribution in [2.45, 2.75) is 30.2 Å². The van der Waals surface area contributed by atoms with E-state index in [4.69, 9.17) is 0 Å². The molecule has 0 spiro atoms. The number of nitrogens with one attached hydrogen (secondary N) is 1. The third kappa shape index (κ3) is 3.15. The first-order chi connectivity index (χ1) is 10.5. The summed E-state index contributed by atoms with van der Waals surface area (Å²) in [4.78, 5) is 0.255. The zero-order valence-corrected chi connectivity index (χ0v) is 15.7. The average molecular weight is 445 g/mol. The Labute approximate surface area is 147 Å². The summed E-state index contributed by atoms with van der Waals surface area (Å²) in [6.07, 6.45) is 2.82. The summed E-state index contributed by atoms with van der Waals surface area (Å²) in [6, 6.07) is 13.0. The maximum absolute atomic E-state index is 12.7. The van der Waals surface area contributed by atoms with Crippen LogP contribution < -0.4 is 4.72 Å². The summed E-state index contributed by atoms with van der Waals surface area (Å²) in [7, 11) is -3.58. The van der Waals surface area contributed by atoms with Crippen LogP contribution in [0.3, 0.4) is 0 Å². The second kappa shape index (κ2) is 6.43. The van der Waals surface area contributed by atoms with E-state index in [-0.39, 0.29) is 10.9 Å². The van der Waals surface area contributed by atoms with Crippen molar-refractivity contribution in [3.8, 4) is 0 Å². The van der Waals surface area contributed by atoms with E-state index in [0.29, 0.717) is 4.47 Å². The Balaban J connectivity index is 1.95. The Morgan fingerprint density at radius 1 is 1.05 bits per heavy atom. The van der Waals surface area contributed by atoms with Gasteiger partial charge in [0.2, 0.25) is 10.0 Å². The van der Waals surface area contributed by atoms with Crippen molar-refractivity contribution in [2.24, 2.45) is 0 Å². The fraction of sp³-hybridized carbons (Fsp3) is 0.250. The molecular weight excluding hydrogens is 430 g/mol. The smallest absolute Gasteiger partial charge is 0.207 e. The molecule has 2 aromatic carbocycles. The van der Waals surface area contributed by atoms with Gasteiger partial charge in [0.05, 0.1) is 9.37 Å². The molecule has 1 atom stereocenters. The number of halogens is 2. The van der Waals surface area contributed by atoms with Gasteiger partial charge >= 0.3 is 0 Å². The predicted molar refractivity (Wildman–Crippen MR) is 94.3 cm³/mol. The summed E-state index contributed by atoms with van der Waals surface area (Å²) in [6.45, 7) is 0. The van der Waals surface area contributed by atoms with Crippen LogP contribution in [0.15, 0.2) is 56.3 Å². The molecule has 0 amide bonds. The lowest BCUT2D eigenvalue weighted by Crippen LogP contribution is -2.31. The molecule has 22 heavy (non-hydrogen) atoms. The summed E-state index contributed by atoms with van der Waals surface area (Å²) >= 11 is 6.70. The highest BCUT2D eigenvalue weighted by Crippen LogP contribution is 2.33. The fourth-order valence-electron chi connectivity index (χ4n) is 2.82. The van der Waals surface area contributed by atoms with Crippen molar-refractivity contribution in [1.82, 2.24) is 4.72 Å². The molecule has 0 radical (unpaired) electrons. The topological polar surface area (TPSA) is 46.2 Å². The van der Waals surface area contributed by atoms with E-state index in [2.05, 4.69) is 42.6 Å². The summed E-state index contributed by atoms with van der Waals surface area (Å²) < 4.78 is 29.6. The predicted octanol–water partition coefficient (Wildman–Crippen LogP) is 4.57. The van der Waals surface area contributed by atoms with Gasteiger partial charge in [0.25, 0.3) is 0 Å². The molecule has 3 rings (SSSR count). The van der Waals surface area contributed by atoms with E-state index in [1.807, 2.05) is 18.2 Å². The molecule has 3 nitrogen and oxygen atoms in total. The Morgan fingerprint density at radius 2 is 1.82 bits per heavy atom. The Morgan fingerprint density at radius 3 is 2.64 bits per heavy atom. The molecule has 0 saturated heterocycles. The molecular formula is C16H15Br2NO2S. The maximum atomic E-state index is 12.7. The number of benzene rings is 2. The van der Waals surface area contributed by atoms with Gasteiger partial charge in [-0.2, -0.15) is 0 Å². The second-order valence-corrected chi connectivity index (χ2v) is 8.65. The van der Waals surface area contributed by atoms with Gasteiger partial charge in [-0.05, 0) is 74.4 Å². The van der Waals surface area contributed by atoms with E-state index in [9.17, 15) is 8.42 Å². The number of rotatable bonds is 3. The van der Waals surface area contributed by atoms with Crippen LogP contribution in [0, 0.1) is 0 Å². The van der Waals surface area contributed by atoms with E-state index >= 15 is 0 Å². The lowest BCUT2D eigenvalue weighted by Gasteiger charge is -2.26. The van der Waals surface area contributed by atoms with Crippen LogP contribution in [0.1, 0.15) is 30.0 Å². The molecule has 0 aromatic heterocycles. The minimum absolute atomic E-state index is 0.166. The molecule has 6 heteroatoms. The Bertz CT molecular complexity index is 806. The number of fused-ring (bicyclic) bond motifs is 1. The summed E-state index contributed by atoms with van der Waals surface area (Å²) in [5.74, 6) is 0. The highest BCUT2D eigenvalue weighted by atomic mass is 79.9. The van der Waals surface area contributed by atoms with Crippen molar-refractivity contribution in [3.05, 3.63) is 62.5 Å². The van der Waals surface area contributed by atoms with E-state index < -0.39 is 10.0 Å². The van der Waals surface area contributed by atoms with E-state index in [1.54, 1.807) is 18.2 Å². The molecule has 1 aliphatic rings. The van der Waals surface area contributed by atoms with Crippen molar-refractivity contribution < 1.29 is 8.42 Å². The quantitative estimate of drug-likeness (QED) is 0.753. The van der Waals surface area contributed by atoms with Crippen LogP contribution in [0.5, 0.6) is 0 Å². The monoisotopic (exact) mass is 443 g/mol. The highest BCUT2D eigenvalue weighted by Gasteiger charge is 2.27. The molecule has 0 bridgehead atoms. The number of hydrogen-bond donors (Lipinski definition) is 1. The maximum Gasteiger partial charge on any atom is 0.242 e. The minimum atomic E-state index is -3.58. The SMILES string of the molecule is O=S(=O)(NC1CCCc2ccccc21)c1cccc(Br)c1Br. The molecule has 1 unspecified atom stereocenters. The normalized spacial score (nSPS) is 18.0. The van der Waals surface area contributed by atoms with Crippen molar-refractivity contribution in [3.63, 3.8) is 0 Å². The van der Waals surface area contributed by atoms with Crippen LogP contribution in [-0.2, 0) is 16.4 Å². The van der Waals surface area contributed by atoms with Crippen molar-refractivity contribution in [1.29, 1.82) is 0 Å². The molecule has 1 aliphatic carbocycles. The third-order valence-corrected chi connectivity index (χ3v) is 7.70. The molecule has 0 saturated carbocycles. The lowest BCUT2D eigenvalue weighted by molar-refractivity contribution is 0.507. The zero-order valence-electron chi connectivity index (χ0n) is 11.7. The first-order valence-corrected chi connectivity index (χ1v) is 10.1. The van der Waals surface area contributed by atoms with Gasteiger partial charge in [-0.15, -0.1) is 0 Å². The number of sulfonamides is 1. The Kier molecular flexibility index (Phi) is 4.73. The van der Waals surface area contributed by atoms with Crippen LogP contribution >= 0.6 is 31.9 Å². The standard InChI is InChI=1S/C16H15Br2NO2S/c17-13-8-4-10-15(16(13)18)22(20,21)19-14-9-3-6-11-5-1-2-7-12(11)14/h1-2,4-5,7-8,10,14,19H,3,6,9H2. The number of hydrogen-bond acceptors (Lipinski definition) is 2. The third-order valence-electron chi connectivity index (χ3n) is 3.87. The van der Waals surface area contributed by atoms with Crippen LogP contribution in [0.25, 0.3) is 0 Å². The highest BCUT2D eigenvalue weighted by molar-refractivity contribution is 9.13. The molecule has 0 fully saturated rings. The molecule has 2 aromatic rings. The van der Waals surface area contributed by atoms with Crippen molar-refractivity contribution in [2.75, 3.05) is 0 Å². The molecule has 0 aliphatic heterocycles. The van der Waals surface area contributed by atoms with Gasteiger partial charge in [0.1, 0.15) is 0 Å². The zero-order chi connectivity index (χ0) is 15.7. The van der Waals surface area contributed by atoms with Gasteiger partial charge in [0.15, 0.2) is 0 Å². The van der Waals surface area contributed by atoms with Crippen LogP contribution in [0.4, 0.5) is 0 Å². The second-order valence-electron chi connectivity index (χ2n) is 5.32. The van der Waals surface area contributed by atoms with E-state index in [0.717, 1.165) is 29.3 Å². The largest absolute Gasteiger partial charge is 0.242 e.